The number of rotatable bonds is 5. The molecule has 0 saturated heterocycles. The average molecular weight is 265 g/mol. The van der Waals surface area contributed by atoms with Crippen LogP contribution in [0.2, 0.25) is 0 Å². The molecule has 2 nitrogen and oxygen atoms in total. The Hall–Kier alpha value is -1.14. The molecule has 0 aromatic heterocycles. The molecule has 0 saturated carbocycles. The maximum Gasteiger partial charge on any atom is 0.391 e. The van der Waals surface area contributed by atoms with Crippen molar-refractivity contribution in [2.45, 2.75) is 31.7 Å². The lowest BCUT2D eigenvalue weighted by molar-refractivity contribution is -0.150. The van der Waals surface area contributed by atoms with E-state index in [1.54, 1.807) is 13.0 Å². The molecular weight excluding hydrogens is 250 g/mol. The van der Waals surface area contributed by atoms with Crippen molar-refractivity contribution in [3.63, 3.8) is 0 Å². The van der Waals surface area contributed by atoms with Crippen LogP contribution in [0, 0.1) is 5.82 Å². The van der Waals surface area contributed by atoms with Gasteiger partial charge in [-0.05, 0) is 13.0 Å². The Morgan fingerprint density at radius 2 is 1.89 bits per heavy atom. The van der Waals surface area contributed by atoms with E-state index in [1.165, 1.54) is 18.2 Å². The van der Waals surface area contributed by atoms with Gasteiger partial charge in [-0.2, -0.15) is 13.2 Å². The Bertz CT molecular complexity index is 379. The van der Waals surface area contributed by atoms with E-state index in [9.17, 15) is 17.6 Å². The van der Waals surface area contributed by atoms with Crippen molar-refractivity contribution in [2.75, 3.05) is 6.61 Å². The lowest BCUT2D eigenvalue weighted by atomic mass is 10.0. The minimum Gasteiger partial charge on any atom is -0.371 e. The number of halogens is 4. The zero-order valence-corrected chi connectivity index (χ0v) is 9.88. The van der Waals surface area contributed by atoms with Gasteiger partial charge in [-0.3, -0.25) is 0 Å². The minimum atomic E-state index is -4.29. The molecule has 0 radical (unpaired) electrons. The van der Waals surface area contributed by atoms with Gasteiger partial charge in [-0.15, -0.1) is 0 Å². The van der Waals surface area contributed by atoms with Gasteiger partial charge in [0, 0.05) is 11.6 Å². The quantitative estimate of drug-likeness (QED) is 0.830. The minimum absolute atomic E-state index is 0.176. The number of nitrogens with two attached hydrogens (primary N) is 1. The Kier molecular flexibility index (Phi) is 5.10. The molecular formula is C12H15F4NO. The van der Waals surface area contributed by atoms with Gasteiger partial charge in [0.05, 0.1) is 13.0 Å². The molecule has 6 heteroatoms. The molecule has 1 aromatic rings. The van der Waals surface area contributed by atoms with E-state index in [0.717, 1.165) is 0 Å². The van der Waals surface area contributed by atoms with Crippen molar-refractivity contribution in [2.24, 2.45) is 5.73 Å². The summed E-state index contributed by atoms with van der Waals surface area (Å²) in [4.78, 5) is 0. The molecule has 18 heavy (non-hydrogen) atoms. The van der Waals surface area contributed by atoms with Gasteiger partial charge in [0.1, 0.15) is 11.9 Å². The maximum atomic E-state index is 13.5. The summed E-state index contributed by atoms with van der Waals surface area (Å²) in [6.45, 7) is 1.02. The maximum absolute atomic E-state index is 13.5. The smallest absolute Gasteiger partial charge is 0.371 e. The SMILES string of the molecule is CC(N)C(OCCC(F)(F)F)c1ccccc1F. The van der Waals surface area contributed by atoms with Crippen LogP contribution in [0.4, 0.5) is 17.6 Å². The molecule has 102 valence electrons. The van der Waals surface area contributed by atoms with Crippen LogP contribution < -0.4 is 5.73 Å². The Labute approximate surface area is 103 Å². The monoisotopic (exact) mass is 265 g/mol. The van der Waals surface area contributed by atoms with E-state index in [-0.39, 0.29) is 5.56 Å². The number of benzene rings is 1. The highest BCUT2D eigenvalue weighted by atomic mass is 19.4. The third kappa shape index (κ3) is 4.62. The van der Waals surface area contributed by atoms with Gasteiger partial charge in [0.25, 0.3) is 0 Å². The molecule has 1 rings (SSSR count). The second-order valence-electron chi connectivity index (χ2n) is 4.04. The van der Waals surface area contributed by atoms with Gasteiger partial charge < -0.3 is 10.5 Å². The fourth-order valence-electron chi connectivity index (χ4n) is 1.53. The fraction of sp³-hybridized carbons (Fsp3) is 0.500. The molecule has 0 amide bonds. The molecule has 2 unspecified atom stereocenters. The van der Waals surface area contributed by atoms with Crippen molar-refractivity contribution in [1.82, 2.24) is 0 Å². The molecule has 0 heterocycles. The van der Waals surface area contributed by atoms with Gasteiger partial charge in [0.2, 0.25) is 0 Å². The fourth-order valence-corrected chi connectivity index (χ4v) is 1.53. The van der Waals surface area contributed by atoms with Crippen molar-refractivity contribution in [1.29, 1.82) is 0 Å². The highest BCUT2D eigenvalue weighted by Gasteiger charge is 2.28. The Balaban J connectivity index is 2.70. The summed E-state index contributed by atoms with van der Waals surface area (Å²) in [5.74, 6) is -0.535. The standard InChI is InChI=1S/C12H15F4NO/c1-8(17)11(18-7-6-12(14,15)16)9-4-2-3-5-10(9)13/h2-5,8,11H,6-7,17H2,1H3. The highest BCUT2D eigenvalue weighted by Crippen LogP contribution is 2.25. The van der Waals surface area contributed by atoms with E-state index < -0.39 is 37.2 Å². The van der Waals surface area contributed by atoms with E-state index in [4.69, 9.17) is 10.5 Å². The van der Waals surface area contributed by atoms with Crippen LogP contribution in [-0.4, -0.2) is 18.8 Å². The summed E-state index contributed by atoms with van der Waals surface area (Å²) >= 11 is 0. The zero-order chi connectivity index (χ0) is 13.8. The van der Waals surface area contributed by atoms with Crippen molar-refractivity contribution in [3.8, 4) is 0 Å². The Morgan fingerprint density at radius 3 is 2.39 bits per heavy atom. The van der Waals surface area contributed by atoms with Crippen LogP contribution in [-0.2, 0) is 4.74 Å². The summed E-state index contributed by atoms with van der Waals surface area (Å²) in [6, 6.07) is 5.15. The molecule has 0 fully saturated rings. The lowest BCUT2D eigenvalue weighted by Gasteiger charge is -2.22. The van der Waals surface area contributed by atoms with Gasteiger partial charge >= 0.3 is 6.18 Å². The first-order valence-electron chi connectivity index (χ1n) is 5.49. The molecule has 0 aliphatic rings. The predicted octanol–water partition coefficient (Wildman–Crippen LogP) is 3.18. The Morgan fingerprint density at radius 1 is 1.28 bits per heavy atom. The predicted molar refractivity (Wildman–Crippen MR) is 59.4 cm³/mol. The average Bonchev–Trinajstić information content (AvgIpc) is 2.24. The first kappa shape index (κ1) is 14.9. The third-order valence-corrected chi connectivity index (χ3v) is 2.37. The first-order chi connectivity index (χ1) is 8.31. The highest BCUT2D eigenvalue weighted by molar-refractivity contribution is 5.21. The van der Waals surface area contributed by atoms with Crippen LogP contribution in [0.25, 0.3) is 0 Å². The van der Waals surface area contributed by atoms with E-state index in [1.807, 2.05) is 0 Å². The summed E-state index contributed by atoms with van der Waals surface area (Å²) < 4.78 is 54.6. The molecule has 2 atom stereocenters. The van der Waals surface area contributed by atoms with Crippen molar-refractivity contribution in [3.05, 3.63) is 35.6 Å². The lowest BCUT2D eigenvalue weighted by Crippen LogP contribution is -2.28. The number of ether oxygens (including phenoxy) is 1. The van der Waals surface area contributed by atoms with Crippen LogP contribution >= 0.6 is 0 Å². The van der Waals surface area contributed by atoms with Gasteiger partial charge in [0.15, 0.2) is 0 Å². The van der Waals surface area contributed by atoms with Crippen LogP contribution in [0.5, 0.6) is 0 Å². The molecule has 0 aliphatic carbocycles. The topological polar surface area (TPSA) is 35.2 Å². The van der Waals surface area contributed by atoms with E-state index in [0.29, 0.717) is 0 Å². The summed E-state index contributed by atoms with van der Waals surface area (Å²) in [5, 5.41) is 0. The molecule has 0 spiro atoms. The van der Waals surface area contributed by atoms with Crippen LogP contribution in [0.1, 0.15) is 25.0 Å². The molecule has 2 N–H and O–H groups in total. The van der Waals surface area contributed by atoms with Gasteiger partial charge in [-0.25, -0.2) is 4.39 Å². The first-order valence-corrected chi connectivity index (χ1v) is 5.49. The normalized spacial score (nSPS) is 15.4. The van der Waals surface area contributed by atoms with Crippen LogP contribution in [0.3, 0.4) is 0 Å². The van der Waals surface area contributed by atoms with Gasteiger partial charge in [-0.1, -0.05) is 18.2 Å². The largest absolute Gasteiger partial charge is 0.391 e. The van der Waals surface area contributed by atoms with Crippen LogP contribution in [0.15, 0.2) is 24.3 Å². The third-order valence-electron chi connectivity index (χ3n) is 2.37. The van der Waals surface area contributed by atoms with Crippen molar-refractivity contribution < 1.29 is 22.3 Å². The van der Waals surface area contributed by atoms with Crippen molar-refractivity contribution >= 4 is 0 Å². The number of alkyl halides is 3. The summed E-state index contributed by atoms with van der Waals surface area (Å²) in [7, 11) is 0. The summed E-state index contributed by atoms with van der Waals surface area (Å²) in [6.07, 6.45) is -6.25. The summed E-state index contributed by atoms with van der Waals surface area (Å²) in [5.41, 5.74) is 5.79. The number of hydrogen-bond donors (Lipinski definition) is 1. The molecule has 0 aliphatic heterocycles. The zero-order valence-electron chi connectivity index (χ0n) is 9.88. The second-order valence-corrected chi connectivity index (χ2v) is 4.04. The second kappa shape index (κ2) is 6.15. The molecule has 1 aromatic carbocycles. The number of hydrogen-bond acceptors (Lipinski definition) is 2. The van der Waals surface area contributed by atoms with E-state index >= 15 is 0 Å². The van der Waals surface area contributed by atoms with E-state index in [2.05, 4.69) is 0 Å². The molecule has 0 bridgehead atoms.